The second kappa shape index (κ2) is 11.0. The van der Waals surface area contributed by atoms with Crippen LogP contribution in [0.15, 0.2) is 12.7 Å². The van der Waals surface area contributed by atoms with Crippen molar-refractivity contribution in [1.29, 1.82) is 0 Å². The molecule has 0 aliphatic heterocycles. The van der Waals surface area contributed by atoms with Crippen molar-refractivity contribution in [3.63, 3.8) is 0 Å². The summed E-state index contributed by atoms with van der Waals surface area (Å²) < 4.78 is 10.3. The summed E-state index contributed by atoms with van der Waals surface area (Å²) in [4.78, 5) is 0. The molecule has 0 aromatic heterocycles. The molecule has 0 saturated carbocycles. The molecule has 0 fully saturated rings. The van der Waals surface area contributed by atoms with Crippen LogP contribution in [0.2, 0.25) is 6.04 Å². The van der Waals surface area contributed by atoms with Crippen LogP contribution in [0, 0.1) is 0 Å². The van der Waals surface area contributed by atoms with Gasteiger partial charge >= 0.3 is 0 Å². The van der Waals surface area contributed by atoms with Crippen molar-refractivity contribution < 1.29 is 9.47 Å². The first-order chi connectivity index (χ1) is 6.85. The van der Waals surface area contributed by atoms with E-state index in [9.17, 15) is 0 Å². The Morgan fingerprint density at radius 3 is 2.36 bits per heavy atom. The first kappa shape index (κ1) is 13.9. The highest BCUT2D eigenvalue weighted by Crippen LogP contribution is 2.06. The van der Waals surface area contributed by atoms with E-state index in [1.165, 1.54) is 31.7 Å². The monoisotopic (exact) mass is 216 g/mol. The minimum Gasteiger partial charge on any atom is -0.360 e. The number of methoxy groups -OCH3 is 2. The topological polar surface area (TPSA) is 18.5 Å². The Morgan fingerprint density at radius 1 is 1.14 bits per heavy atom. The Labute approximate surface area is 90.5 Å². The molecule has 0 aromatic carbocycles. The number of ether oxygens (including phenoxy) is 2. The van der Waals surface area contributed by atoms with Crippen molar-refractivity contribution >= 4 is 9.52 Å². The molecule has 0 spiro atoms. The minimum atomic E-state index is -0.179. The highest BCUT2D eigenvalue weighted by Gasteiger charge is 2.04. The number of rotatable bonds is 10. The number of allylic oxidation sites excluding steroid dienone is 1. The van der Waals surface area contributed by atoms with E-state index in [1.54, 1.807) is 14.2 Å². The molecule has 0 amide bonds. The Morgan fingerprint density at radius 2 is 1.79 bits per heavy atom. The Hall–Kier alpha value is -0.123. The Balaban J connectivity index is 3.08. The molecule has 0 saturated heterocycles. The van der Waals surface area contributed by atoms with Gasteiger partial charge in [-0.3, -0.25) is 0 Å². The summed E-state index contributed by atoms with van der Waals surface area (Å²) in [5.41, 5.74) is 0. The fourth-order valence-electron chi connectivity index (χ4n) is 1.46. The summed E-state index contributed by atoms with van der Waals surface area (Å²) in [5, 5.41) is 0. The number of hydrogen-bond acceptors (Lipinski definition) is 2. The van der Waals surface area contributed by atoms with Crippen molar-refractivity contribution in [1.82, 2.24) is 0 Å². The lowest BCUT2D eigenvalue weighted by Crippen LogP contribution is -2.20. The summed E-state index contributed by atoms with van der Waals surface area (Å²) in [5.74, 6) is 0.128. The smallest absolute Gasteiger partial charge is 0.134 e. The molecule has 0 bridgehead atoms. The zero-order valence-electron chi connectivity index (χ0n) is 9.63. The molecule has 0 heterocycles. The summed E-state index contributed by atoms with van der Waals surface area (Å²) in [6, 6.07) is 1.33. The van der Waals surface area contributed by atoms with Crippen LogP contribution < -0.4 is 0 Å². The first-order valence-corrected chi connectivity index (χ1v) is 7.33. The minimum absolute atomic E-state index is 0.128. The van der Waals surface area contributed by atoms with Gasteiger partial charge in [-0.25, -0.2) is 0 Å². The van der Waals surface area contributed by atoms with Gasteiger partial charge in [0.25, 0.3) is 0 Å². The van der Waals surface area contributed by atoms with Crippen LogP contribution in [-0.2, 0) is 9.47 Å². The maximum absolute atomic E-state index is 5.17. The van der Waals surface area contributed by atoms with Gasteiger partial charge in [0.15, 0.2) is 0 Å². The first-order valence-electron chi connectivity index (χ1n) is 5.51. The summed E-state index contributed by atoms with van der Waals surface area (Å²) in [7, 11) is 3.28. The zero-order chi connectivity index (χ0) is 10.6. The molecule has 0 radical (unpaired) electrons. The van der Waals surface area contributed by atoms with Crippen LogP contribution in [0.25, 0.3) is 0 Å². The van der Waals surface area contributed by atoms with E-state index in [-0.39, 0.29) is 15.4 Å². The molecule has 84 valence electrons. The maximum Gasteiger partial charge on any atom is 0.134 e. The van der Waals surface area contributed by atoms with Gasteiger partial charge in [0.1, 0.15) is 5.91 Å². The molecule has 0 aromatic rings. The van der Waals surface area contributed by atoms with E-state index >= 15 is 0 Å². The largest absolute Gasteiger partial charge is 0.360 e. The third-order valence-corrected chi connectivity index (χ3v) is 4.42. The van der Waals surface area contributed by atoms with Crippen LogP contribution in [0.5, 0.6) is 0 Å². The predicted octanol–water partition coefficient (Wildman–Crippen LogP) is 2.29. The predicted molar refractivity (Wildman–Crippen MR) is 64.4 cm³/mol. The lowest BCUT2D eigenvalue weighted by atomic mass is 10.1. The van der Waals surface area contributed by atoms with Gasteiger partial charge in [0.2, 0.25) is 0 Å². The van der Waals surface area contributed by atoms with Gasteiger partial charge in [-0.2, -0.15) is 0 Å². The fourth-order valence-corrected chi connectivity index (χ4v) is 2.91. The van der Waals surface area contributed by atoms with Gasteiger partial charge in [-0.05, 0) is 12.8 Å². The molecular weight excluding hydrogens is 192 g/mol. The molecule has 2 nitrogen and oxygen atoms in total. The molecule has 14 heavy (non-hydrogen) atoms. The third kappa shape index (κ3) is 8.47. The van der Waals surface area contributed by atoms with Gasteiger partial charge < -0.3 is 9.47 Å². The van der Waals surface area contributed by atoms with Crippen LogP contribution in [0.1, 0.15) is 32.1 Å². The van der Waals surface area contributed by atoms with Crippen molar-refractivity contribution in [3.05, 3.63) is 12.7 Å². The van der Waals surface area contributed by atoms with E-state index in [0.29, 0.717) is 0 Å². The fraction of sp³-hybridized carbons (Fsp3) is 0.818. The standard InChI is InChI=1S/C11H24O2Si/c1-4-5-6-7-8-9-10-14-11(12-2)13-3/h4,11H,1,5-10,14H2,2-3H3. The van der Waals surface area contributed by atoms with Crippen LogP contribution in [0.4, 0.5) is 0 Å². The molecular formula is C11H24O2Si. The summed E-state index contributed by atoms with van der Waals surface area (Å²) >= 11 is 0. The average molecular weight is 216 g/mol. The highest BCUT2D eigenvalue weighted by atomic mass is 28.2. The van der Waals surface area contributed by atoms with Crippen molar-refractivity contribution in [2.75, 3.05) is 14.2 Å². The second-order valence-electron chi connectivity index (χ2n) is 3.53. The Bertz CT molecular complexity index is 124. The quantitative estimate of drug-likeness (QED) is 0.241. The molecule has 0 aliphatic carbocycles. The van der Waals surface area contributed by atoms with E-state index in [2.05, 4.69) is 6.58 Å². The normalized spacial score (nSPS) is 11.6. The molecule has 0 N–H and O–H groups in total. The third-order valence-electron chi connectivity index (χ3n) is 2.37. The van der Waals surface area contributed by atoms with Crippen LogP contribution in [0.3, 0.4) is 0 Å². The van der Waals surface area contributed by atoms with Gasteiger partial charge in [-0.1, -0.05) is 31.4 Å². The van der Waals surface area contributed by atoms with Crippen molar-refractivity contribution in [3.8, 4) is 0 Å². The number of hydrogen-bond donors (Lipinski definition) is 0. The molecule has 0 rings (SSSR count). The van der Waals surface area contributed by atoms with Crippen LogP contribution in [-0.4, -0.2) is 29.7 Å². The summed E-state index contributed by atoms with van der Waals surface area (Å²) in [6.07, 6.45) is 8.48. The molecule has 0 unspecified atom stereocenters. The second-order valence-corrected chi connectivity index (χ2v) is 5.49. The van der Waals surface area contributed by atoms with Crippen molar-refractivity contribution in [2.45, 2.75) is 44.1 Å². The SMILES string of the molecule is C=CCCCCCC[SiH2]C(OC)OC. The van der Waals surface area contributed by atoms with Gasteiger partial charge in [0.05, 0.1) is 9.52 Å². The van der Waals surface area contributed by atoms with E-state index in [1.807, 2.05) is 6.08 Å². The molecule has 0 aliphatic rings. The van der Waals surface area contributed by atoms with Gasteiger partial charge in [0, 0.05) is 14.2 Å². The average Bonchev–Trinajstić information content (AvgIpc) is 2.22. The van der Waals surface area contributed by atoms with Crippen LogP contribution >= 0.6 is 0 Å². The molecule has 3 heteroatoms. The summed E-state index contributed by atoms with van der Waals surface area (Å²) in [6.45, 7) is 3.71. The van der Waals surface area contributed by atoms with Crippen molar-refractivity contribution in [2.24, 2.45) is 0 Å². The highest BCUT2D eigenvalue weighted by molar-refractivity contribution is 6.36. The lowest BCUT2D eigenvalue weighted by Gasteiger charge is -2.11. The maximum atomic E-state index is 5.17. The number of unbranched alkanes of at least 4 members (excludes halogenated alkanes) is 4. The van der Waals surface area contributed by atoms with E-state index in [4.69, 9.17) is 9.47 Å². The Kier molecular flexibility index (Phi) is 10.9. The zero-order valence-corrected chi connectivity index (χ0v) is 11.0. The van der Waals surface area contributed by atoms with E-state index < -0.39 is 0 Å². The lowest BCUT2D eigenvalue weighted by molar-refractivity contribution is -0.0441. The van der Waals surface area contributed by atoms with E-state index in [0.717, 1.165) is 6.42 Å². The van der Waals surface area contributed by atoms with Gasteiger partial charge in [-0.15, -0.1) is 6.58 Å². The molecule has 0 atom stereocenters.